The Morgan fingerprint density at radius 2 is 0.918 bits per heavy atom. The zero-order chi connectivity index (χ0) is 48.4. The van der Waals surface area contributed by atoms with Crippen molar-refractivity contribution in [3.8, 4) is 44.5 Å². The van der Waals surface area contributed by atoms with Gasteiger partial charge in [0.15, 0.2) is 0 Å². The van der Waals surface area contributed by atoms with Crippen molar-refractivity contribution in [2.75, 3.05) is 9.80 Å². The lowest BCUT2D eigenvalue weighted by atomic mass is 9.79. The molecule has 0 N–H and O–H groups in total. The van der Waals surface area contributed by atoms with Gasteiger partial charge in [-0.1, -0.05) is 183 Å². The Bertz CT molecular complexity index is 4160. The third kappa shape index (κ3) is 6.67. The molecule has 0 unspecified atom stereocenters. The minimum Gasteiger partial charge on any atom is -0.309 e. The maximum atomic E-state index is 2.54. The van der Waals surface area contributed by atoms with E-state index in [2.05, 4.69) is 254 Å². The molecule has 0 atom stereocenters. The lowest BCUT2D eigenvalue weighted by Crippen LogP contribution is -2.21. The van der Waals surface area contributed by atoms with Crippen molar-refractivity contribution >= 4 is 84.3 Å². The van der Waals surface area contributed by atoms with Crippen LogP contribution in [-0.2, 0) is 5.41 Å². The Kier molecular flexibility index (Phi) is 9.64. The SMILES string of the molecule is CC1(C)c2cc(-c3ccccc3)ccc2-c2ccc(-c3c4ccc(N5c6ccccc6Sc6ccccc65)cc4c(-c4ccc5ccccc5c4)c4ccc(N5C6=C(CCC=C6)Sc6ccccc65)cc34)cc21. The molecular weight excluding hydrogens is 921 g/mol. The maximum absolute atomic E-state index is 2.54. The van der Waals surface area contributed by atoms with E-state index >= 15 is 0 Å². The molecule has 2 aliphatic carbocycles. The molecule has 11 aromatic carbocycles. The zero-order valence-corrected chi connectivity index (χ0v) is 42.2. The number of rotatable bonds is 5. The zero-order valence-electron chi connectivity index (χ0n) is 40.6. The van der Waals surface area contributed by atoms with Gasteiger partial charge in [-0.2, -0.15) is 0 Å². The summed E-state index contributed by atoms with van der Waals surface area (Å²) in [7, 11) is 0. The number of hydrogen-bond acceptors (Lipinski definition) is 4. The predicted octanol–water partition coefficient (Wildman–Crippen LogP) is 20.2. The number of anilines is 5. The van der Waals surface area contributed by atoms with Crippen LogP contribution in [0.2, 0.25) is 0 Å². The molecule has 2 nitrogen and oxygen atoms in total. The van der Waals surface area contributed by atoms with Crippen molar-refractivity contribution in [1.82, 2.24) is 0 Å². The number of fused-ring (bicyclic) bond motifs is 9. The number of thioether (sulfide) groups is 1. The van der Waals surface area contributed by atoms with Crippen LogP contribution in [0.1, 0.15) is 37.8 Å². The lowest BCUT2D eigenvalue weighted by Gasteiger charge is -2.35. The van der Waals surface area contributed by atoms with E-state index in [0.717, 1.165) is 18.5 Å². The summed E-state index contributed by atoms with van der Waals surface area (Å²) >= 11 is 3.79. The summed E-state index contributed by atoms with van der Waals surface area (Å²) in [4.78, 5) is 10.2. The van der Waals surface area contributed by atoms with Gasteiger partial charge in [0.05, 0.1) is 22.8 Å². The topological polar surface area (TPSA) is 6.48 Å². The first-order valence-corrected chi connectivity index (χ1v) is 27.1. The molecule has 11 aromatic rings. The van der Waals surface area contributed by atoms with Gasteiger partial charge in [-0.3, -0.25) is 0 Å². The van der Waals surface area contributed by atoms with Crippen molar-refractivity contribution in [3.05, 3.63) is 252 Å². The van der Waals surface area contributed by atoms with Crippen molar-refractivity contribution < 1.29 is 0 Å². The molecule has 0 amide bonds. The summed E-state index contributed by atoms with van der Waals surface area (Å²) in [6.07, 6.45) is 6.81. The van der Waals surface area contributed by atoms with Crippen molar-refractivity contribution in [1.29, 1.82) is 0 Å². The molecule has 4 heteroatoms. The average Bonchev–Trinajstić information content (AvgIpc) is 3.67. The number of allylic oxidation sites excluding steroid dienone is 3. The highest BCUT2D eigenvalue weighted by molar-refractivity contribution is 8.03. The summed E-state index contributed by atoms with van der Waals surface area (Å²) in [6, 6.07) is 82.4. The minimum absolute atomic E-state index is 0.223. The smallest absolute Gasteiger partial charge is 0.0601 e. The van der Waals surface area contributed by atoms with Crippen LogP contribution in [0.25, 0.3) is 76.8 Å². The first kappa shape index (κ1) is 42.6. The van der Waals surface area contributed by atoms with E-state index in [1.807, 2.05) is 23.5 Å². The van der Waals surface area contributed by atoms with Gasteiger partial charge in [0, 0.05) is 36.4 Å². The fraction of sp³-hybridized carbons (Fsp3) is 0.0725. The molecule has 0 spiro atoms. The highest BCUT2D eigenvalue weighted by Gasteiger charge is 2.37. The monoisotopic (exact) mass is 968 g/mol. The summed E-state index contributed by atoms with van der Waals surface area (Å²) in [5.41, 5.74) is 19.8. The molecule has 0 aromatic heterocycles. The van der Waals surface area contributed by atoms with Crippen LogP contribution in [0.3, 0.4) is 0 Å². The van der Waals surface area contributed by atoms with Gasteiger partial charge in [0.2, 0.25) is 0 Å². The number of para-hydroxylation sites is 3. The summed E-state index contributed by atoms with van der Waals surface area (Å²) < 4.78 is 0. The van der Waals surface area contributed by atoms with E-state index in [1.54, 1.807) is 0 Å². The average molecular weight is 969 g/mol. The third-order valence-electron chi connectivity index (χ3n) is 15.8. The van der Waals surface area contributed by atoms with E-state index in [9.17, 15) is 0 Å². The molecule has 2 aliphatic heterocycles. The van der Waals surface area contributed by atoms with Crippen molar-refractivity contribution in [2.24, 2.45) is 0 Å². The van der Waals surface area contributed by atoms with Gasteiger partial charge >= 0.3 is 0 Å². The predicted molar refractivity (Wildman–Crippen MR) is 311 cm³/mol. The van der Waals surface area contributed by atoms with Crippen LogP contribution in [0.5, 0.6) is 0 Å². The van der Waals surface area contributed by atoms with E-state index in [0.29, 0.717) is 0 Å². The van der Waals surface area contributed by atoms with Crippen LogP contribution < -0.4 is 9.80 Å². The Morgan fingerprint density at radius 3 is 1.59 bits per heavy atom. The van der Waals surface area contributed by atoms with Crippen molar-refractivity contribution in [3.63, 3.8) is 0 Å². The van der Waals surface area contributed by atoms with Crippen LogP contribution >= 0.6 is 23.5 Å². The Balaban J connectivity index is 1.03. The Labute approximate surface area is 435 Å². The maximum Gasteiger partial charge on any atom is 0.0601 e. The number of nitrogens with zero attached hydrogens (tertiary/aromatic N) is 2. The van der Waals surface area contributed by atoms with Gasteiger partial charge in [-0.05, 0) is 186 Å². The number of benzene rings is 11. The largest absolute Gasteiger partial charge is 0.309 e. The molecule has 0 fully saturated rings. The van der Waals surface area contributed by atoms with Crippen LogP contribution in [0.4, 0.5) is 28.4 Å². The van der Waals surface area contributed by atoms with Gasteiger partial charge in [-0.15, -0.1) is 0 Å². The van der Waals surface area contributed by atoms with E-state index in [-0.39, 0.29) is 5.41 Å². The Hall–Kier alpha value is -8.02. The van der Waals surface area contributed by atoms with E-state index < -0.39 is 0 Å². The Morgan fingerprint density at radius 1 is 0.397 bits per heavy atom. The second-order valence-electron chi connectivity index (χ2n) is 20.3. The fourth-order valence-corrected chi connectivity index (χ4v) is 14.6. The van der Waals surface area contributed by atoms with Gasteiger partial charge in [0.25, 0.3) is 0 Å². The van der Waals surface area contributed by atoms with E-state index in [4.69, 9.17) is 0 Å². The normalized spacial score (nSPS) is 15.0. The van der Waals surface area contributed by atoms with Gasteiger partial charge in [-0.25, -0.2) is 0 Å². The molecule has 346 valence electrons. The first-order chi connectivity index (χ1) is 35.9. The molecular formula is C69H48N2S2. The minimum atomic E-state index is -0.223. The quantitative estimate of drug-likeness (QED) is 0.159. The molecule has 0 bridgehead atoms. The standard InChI is InChI=1S/C69H48N2S2/c1-69(2)57-39-46(43-16-4-3-5-17-43)30-34-51(57)52-35-31-48(40-58(52)69)68-54-37-33-49(70-59-20-8-12-24-63(59)72-64-25-13-9-21-60(64)70)41-55(54)67(47-29-28-44-18-6-7-19-45(44)38-47)53-36-32-50(42-56(53)68)71-61-22-10-14-26-65(61)73-66-27-15-11-23-62(66)71/h3-14,16-26,28-42H,15,27H2,1-2H3. The van der Waals surface area contributed by atoms with Crippen LogP contribution in [-0.4, -0.2) is 0 Å². The van der Waals surface area contributed by atoms with Gasteiger partial charge in [0.1, 0.15) is 0 Å². The second-order valence-corrected chi connectivity index (χ2v) is 22.5. The molecule has 15 rings (SSSR count). The summed E-state index contributed by atoms with van der Waals surface area (Å²) in [6.45, 7) is 4.84. The number of hydrogen-bond donors (Lipinski definition) is 0. The fourth-order valence-electron chi connectivity index (χ4n) is 12.3. The third-order valence-corrected chi connectivity index (χ3v) is 18.2. The van der Waals surface area contributed by atoms with E-state index in [1.165, 1.54) is 136 Å². The van der Waals surface area contributed by atoms with Crippen molar-refractivity contribution in [2.45, 2.75) is 46.8 Å². The molecule has 0 saturated heterocycles. The molecule has 0 radical (unpaired) electrons. The molecule has 4 aliphatic rings. The van der Waals surface area contributed by atoms with Crippen LogP contribution in [0.15, 0.2) is 256 Å². The molecule has 73 heavy (non-hydrogen) atoms. The summed E-state index contributed by atoms with van der Waals surface area (Å²) in [5, 5.41) is 7.40. The van der Waals surface area contributed by atoms with Crippen LogP contribution in [0, 0.1) is 0 Å². The lowest BCUT2D eigenvalue weighted by molar-refractivity contribution is 0.661. The second kappa shape index (κ2) is 16.5. The highest BCUT2D eigenvalue weighted by atomic mass is 32.2. The van der Waals surface area contributed by atoms with Gasteiger partial charge < -0.3 is 9.80 Å². The first-order valence-electron chi connectivity index (χ1n) is 25.5. The summed E-state index contributed by atoms with van der Waals surface area (Å²) in [5.74, 6) is 0. The molecule has 0 saturated carbocycles. The molecule has 2 heterocycles. The highest BCUT2D eigenvalue weighted by Crippen LogP contribution is 2.56.